The van der Waals surface area contributed by atoms with Crippen LogP contribution in [0.1, 0.15) is 18.3 Å². The number of fused-ring (bicyclic) bond motifs is 1. The third-order valence-corrected chi connectivity index (χ3v) is 4.94. The number of amides is 1. The van der Waals surface area contributed by atoms with E-state index in [9.17, 15) is 9.59 Å². The lowest BCUT2D eigenvalue weighted by atomic mass is 10.1. The Kier molecular flexibility index (Phi) is 6.94. The SMILES string of the molecule is CCOc1ccc(OCC(=O)NCc2nn(Cc3ccccn3)c(=O)c3ccccc23)cc1. The topological polar surface area (TPSA) is 95.3 Å². The molecule has 0 saturated heterocycles. The largest absolute Gasteiger partial charge is 0.494 e. The van der Waals surface area contributed by atoms with Gasteiger partial charge in [-0.25, -0.2) is 4.68 Å². The Morgan fingerprint density at radius 2 is 1.64 bits per heavy atom. The minimum Gasteiger partial charge on any atom is -0.494 e. The summed E-state index contributed by atoms with van der Waals surface area (Å²) in [5.74, 6) is 1.02. The molecule has 8 heteroatoms. The number of aromatic nitrogens is 3. The molecular weight excluding hydrogens is 420 g/mol. The predicted molar refractivity (Wildman–Crippen MR) is 124 cm³/mol. The molecule has 0 unspecified atom stereocenters. The fraction of sp³-hybridized carbons (Fsp3) is 0.200. The number of hydrogen-bond acceptors (Lipinski definition) is 6. The van der Waals surface area contributed by atoms with Crippen molar-refractivity contribution in [3.05, 3.63) is 94.7 Å². The van der Waals surface area contributed by atoms with E-state index >= 15 is 0 Å². The van der Waals surface area contributed by atoms with Gasteiger partial charge in [-0.1, -0.05) is 24.3 Å². The van der Waals surface area contributed by atoms with Gasteiger partial charge in [0.15, 0.2) is 6.61 Å². The van der Waals surface area contributed by atoms with Crippen LogP contribution < -0.4 is 20.3 Å². The average Bonchev–Trinajstić information content (AvgIpc) is 2.85. The highest BCUT2D eigenvalue weighted by molar-refractivity contribution is 5.84. The molecule has 4 aromatic rings. The third kappa shape index (κ3) is 5.54. The van der Waals surface area contributed by atoms with Crippen LogP contribution in [0.15, 0.2) is 77.7 Å². The van der Waals surface area contributed by atoms with Crippen LogP contribution in [0.5, 0.6) is 11.5 Å². The van der Waals surface area contributed by atoms with Gasteiger partial charge in [0.2, 0.25) is 0 Å². The summed E-state index contributed by atoms with van der Waals surface area (Å²) in [6, 6.07) is 19.8. The van der Waals surface area contributed by atoms with Gasteiger partial charge in [-0.15, -0.1) is 0 Å². The van der Waals surface area contributed by atoms with Crippen LogP contribution in [-0.2, 0) is 17.9 Å². The Morgan fingerprint density at radius 3 is 2.33 bits per heavy atom. The number of benzene rings is 2. The summed E-state index contributed by atoms with van der Waals surface area (Å²) in [5, 5.41) is 8.57. The van der Waals surface area contributed by atoms with E-state index in [4.69, 9.17) is 9.47 Å². The van der Waals surface area contributed by atoms with Crippen molar-refractivity contribution >= 4 is 16.7 Å². The Bertz CT molecular complexity index is 1290. The maximum Gasteiger partial charge on any atom is 0.275 e. The van der Waals surface area contributed by atoms with Crippen LogP contribution in [0.25, 0.3) is 10.8 Å². The summed E-state index contributed by atoms with van der Waals surface area (Å²) >= 11 is 0. The average molecular weight is 444 g/mol. The number of hydrogen-bond donors (Lipinski definition) is 1. The zero-order valence-corrected chi connectivity index (χ0v) is 18.2. The van der Waals surface area contributed by atoms with Crippen molar-refractivity contribution in [3.8, 4) is 11.5 Å². The summed E-state index contributed by atoms with van der Waals surface area (Å²) in [7, 11) is 0. The van der Waals surface area contributed by atoms with Crippen LogP contribution in [-0.4, -0.2) is 33.9 Å². The molecule has 168 valence electrons. The molecule has 0 aliphatic rings. The van der Waals surface area contributed by atoms with E-state index in [0.717, 1.165) is 11.4 Å². The Balaban J connectivity index is 1.45. The van der Waals surface area contributed by atoms with E-state index in [1.165, 1.54) is 4.68 Å². The molecule has 1 N–H and O–H groups in total. The highest BCUT2D eigenvalue weighted by Crippen LogP contribution is 2.17. The lowest BCUT2D eigenvalue weighted by molar-refractivity contribution is -0.123. The van der Waals surface area contributed by atoms with Crippen LogP contribution >= 0.6 is 0 Å². The van der Waals surface area contributed by atoms with Gasteiger partial charge in [-0.2, -0.15) is 5.10 Å². The standard InChI is InChI=1S/C25H24N4O4/c1-2-32-19-10-12-20(13-11-19)33-17-24(30)27-15-23-21-8-3-4-9-22(21)25(31)29(28-23)16-18-7-5-6-14-26-18/h3-14H,2,15-17H2,1H3,(H,27,30). The molecule has 0 aliphatic heterocycles. The molecule has 0 aliphatic carbocycles. The fourth-order valence-corrected chi connectivity index (χ4v) is 3.37. The third-order valence-electron chi connectivity index (χ3n) is 4.94. The van der Waals surface area contributed by atoms with E-state index in [2.05, 4.69) is 15.4 Å². The Morgan fingerprint density at radius 1 is 0.939 bits per heavy atom. The number of rotatable bonds is 9. The number of carbonyl (C=O) groups excluding carboxylic acids is 1. The smallest absolute Gasteiger partial charge is 0.275 e. The molecule has 1 amide bonds. The second-order valence-electron chi connectivity index (χ2n) is 7.25. The highest BCUT2D eigenvalue weighted by Gasteiger charge is 2.12. The molecule has 2 aromatic heterocycles. The summed E-state index contributed by atoms with van der Waals surface area (Å²) in [5.41, 5.74) is 1.11. The van der Waals surface area contributed by atoms with E-state index in [0.29, 0.717) is 28.8 Å². The molecule has 2 heterocycles. The number of nitrogens with zero attached hydrogens (tertiary/aromatic N) is 3. The van der Waals surface area contributed by atoms with Gasteiger partial charge in [0.1, 0.15) is 11.5 Å². The molecule has 8 nitrogen and oxygen atoms in total. The lowest BCUT2D eigenvalue weighted by Crippen LogP contribution is -2.31. The molecular formula is C25H24N4O4. The van der Waals surface area contributed by atoms with Crippen LogP contribution in [0.4, 0.5) is 0 Å². The first-order valence-corrected chi connectivity index (χ1v) is 10.6. The summed E-state index contributed by atoms with van der Waals surface area (Å²) in [6.07, 6.45) is 1.67. The highest BCUT2D eigenvalue weighted by atomic mass is 16.5. The van der Waals surface area contributed by atoms with Crippen LogP contribution in [0.3, 0.4) is 0 Å². The van der Waals surface area contributed by atoms with Crippen LogP contribution in [0.2, 0.25) is 0 Å². The van der Waals surface area contributed by atoms with Crippen molar-refractivity contribution in [1.29, 1.82) is 0 Å². The second kappa shape index (κ2) is 10.4. The number of pyridine rings is 1. The van der Waals surface area contributed by atoms with Crippen molar-refractivity contribution in [3.63, 3.8) is 0 Å². The van der Waals surface area contributed by atoms with Crippen molar-refractivity contribution in [2.45, 2.75) is 20.0 Å². The monoisotopic (exact) mass is 444 g/mol. The Labute approximate surface area is 190 Å². The minimum absolute atomic E-state index is 0.139. The molecule has 4 rings (SSSR count). The Hall–Kier alpha value is -4.20. The summed E-state index contributed by atoms with van der Waals surface area (Å²) in [6.45, 7) is 2.76. The van der Waals surface area contributed by atoms with E-state index in [-0.39, 0.29) is 31.2 Å². The maximum atomic E-state index is 12.9. The van der Waals surface area contributed by atoms with E-state index < -0.39 is 0 Å². The van der Waals surface area contributed by atoms with Gasteiger partial charge in [0.25, 0.3) is 11.5 Å². The lowest BCUT2D eigenvalue weighted by Gasteiger charge is -2.12. The second-order valence-corrected chi connectivity index (χ2v) is 7.25. The van der Waals surface area contributed by atoms with Crippen LogP contribution in [0, 0.1) is 0 Å². The molecule has 0 radical (unpaired) electrons. The van der Waals surface area contributed by atoms with Gasteiger partial charge in [-0.05, 0) is 49.4 Å². The quantitative estimate of drug-likeness (QED) is 0.427. The molecule has 0 spiro atoms. The van der Waals surface area contributed by atoms with Gasteiger partial charge in [0, 0.05) is 11.6 Å². The fourth-order valence-electron chi connectivity index (χ4n) is 3.37. The first-order valence-electron chi connectivity index (χ1n) is 10.6. The van der Waals surface area contributed by atoms with Gasteiger partial charge >= 0.3 is 0 Å². The molecule has 33 heavy (non-hydrogen) atoms. The first kappa shape index (κ1) is 22.0. The number of ether oxygens (including phenoxy) is 2. The molecule has 0 bridgehead atoms. The summed E-state index contributed by atoms with van der Waals surface area (Å²) < 4.78 is 12.3. The van der Waals surface area contributed by atoms with E-state index in [1.54, 1.807) is 36.5 Å². The zero-order chi connectivity index (χ0) is 23.0. The molecule has 0 saturated carbocycles. The number of nitrogens with one attached hydrogen (secondary N) is 1. The molecule has 2 aromatic carbocycles. The van der Waals surface area contributed by atoms with Crippen molar-refractivity contribution in [2.24, 2.45) is 0 Å². The summed E-state index contributed by atoms with van der Waals surface area (Å²) in [4.78, 5) is 29.5. The van der Waals surface area contributed by atoms with Crippen molar-refractivity contribution in [2.75, 3.05) is 13.2 Å². The minimum atomic E-state index is -0.294. The van der Waals surface area contributed by atoms with Crippen molar-refractivity contribution < 1.29 is 14.3 Å². The predicted octanol–water partition coefficient (Wildman–Crippen LogP) is 2.93. The molecule has 0 fully saturated rings. The normalized spacial score (nSPS) is 10.7. The van der Waals surface area contributed by atoms with E-state index in [1.807, 2.05) is 43.3 Å². The maximum absolute atomic E-state index is 12.9. The first-order chi connectivity index (χ1) is 16.1. The van der Waals surface area contributed by atoms with Gasteiger partial charge < -0.3 is 14.8 Å². The van der Waals surface area contributed by atoms with Gasteiger partial charge in [-0.3, -0.25) is 14.6 Å². The van der Waals surface area contributed by atoms with Gasteiger partial charge in [0.05, 0.1) is 36.5 Å². The molecule has 0 atom stereocenters. The van der Waals surface area contributed by atoms with Crippen molar-refractivity contribution in [1.82, 2.24) is 20.1 Å². The zero-order valence-electron chi connectivity index (χ0n) is 18.2. The number of carbonyl (C=O) groups is 1.